The van der Waals surface area contributed by atoms with Gasteiger partial charge in [-0.2, -0.15) is 0 Å². The minimum atomic E-state index is -3.33. The Morgan fingerprint density at radius 1 is 0.962 bits per heavy atom. The highest BCUT2D eigenvalue weighted by Gasteiger charge is 2.24. The Balaban J connectivity index is 1.62. The van der Waals surface area contributed by atoms with Gasteiger partial charge in [0.1, 0.15) is 0 Å². The van der Waals surface area contributed by atoms with Crippen molar-refractivity contribution in [2.45, 2.75) is 12.5 Å². The third-order valence-corrected chi connectivity index (χ3v) is 6.02. The van der Waals surface area contributed by atoms with Gasteiger partial charge in [-0.05, 0) is 17.5 Å². The number of aryl methyl sites for hydroxylation is 1. The van der Waals surface area contributed by atoms with Crippen molar-refractivity contribution in [1.29, 1.82) is 0 Å². The molecule has 0 radical (unpaired) electrons. The highest BCUT2D eigenvalue weighted by molar-refractivity contribution is 7.89. The number of nitrogens with zero attached hydrogens (tertiary/aromatic N) is 1. The second-order valence-electron chi connectivity index (χ2n) is 6.48. The van der Waals surface area contributed by atoms with Gasteiger partial charge < -0.3 is 4.74 Å². The molecule has 0 bridgehead atoms. The lowest BCUT2D eigenvalue weighted by Gasteiger charge is -2.34. The van der Waals surface area contributed by atoms with Crippen LogP contribution in [0.5, 0.6) is 0 Å². The fourth-order valence-corrected chi connectivity index (χ4v) is 4.26. The number of rotatable bonds is 8. The molecular formula is C20H26N2O3S. The molecule has 5 nitrogen and oxygen atoms in total. The molecule has 2 aromatic carbocycles. The van der Waals surface area contributed by atoms with Crippen LogP contribution in [0.1, 0.15) is 17.2 Å². The van der Waals surface area contributed by atoms with Gasteiger partial charge >= 0.3 is 0 Å². The third-order valence-electron chi connectivity index (χ3n) is 4.67. The third kappa shape index (κ3) is 5.64. The maximum atomic E-state index is 12.5. The zero-order valence-electron chi connectivity index (χ0n) is 14.9. The van der Waals surface area contributed by atoms with E-state index < -0.39 is 10.0 Å². The number of hydrogen-bond donors (Lipinski definition) is 1. The molecule has 0 amide bonds. The van der Waals surface area contributed by atoms with Gasteiger partial charge in [0, 0.05) is 25.7 Å². The molecule has 1 aliphatic rings. The number of morpholine rings is 1. The fraction of sp³-hybridized carbons (Fsp3) is 0.400. The van der Waals surface area contributed by atoms with Crippen LogP contribution in [0, 0.1) is 0 Å². The minimum absolute atomic E-state index is 0.0200. The predicted octanol–water partition coefficient (Wildman–Crippen LogP) is 2.22. The normalized spacial score (nSPS) is 17.1. The fourth-order valence-electron chi connectivity index (χ4n) is 3.20. The lowest BCUT2D eigenvalue weighted by molar-refractivity contribution is 0.0172. The van der Waals surface area contributed by atoms with Gasteiger partial charge in [0.2, 0.25) is 10.0 Å². The number of benzene rings is 2. The van der Waals surface area contributed by atoms with Crippen LogP contribution in [0.4, 0.5) is 0 Å². The predicted molar refractivity (Wildman–Crippen MR) is 104 cm³/mol. The average Bonchev–Trinajstić information content (AvgIpc) is 2.69. The first kappa shape index (κ1) is 19.0. The molecule has 0 aromatic heterocycles. The van der Waals surface area contributed by atoms with Gasteiger partial charge in [-0.3, -0.25) is 4.90 Å². The van der Waals surface area contributed by atoms with Crippen molar-refractivity contribution >= 4 is 10.0 Å². The molecule has 2 aromatic rings. The largest absolute Gasteiger partial charge is 0.379 e. The van der Waals surface area contributed by atoms with Crippen molar-refractivity contribution in [2.75, 3.05) is 38.6 Å². The smallest absolute Gasteiger partial charge is 0.211 e. The van der Waals surface area contributed by atoms with E-state index in [1.165, 1.54) is 0 Å². The van der Waals surface area contributed by atoms with E-state index in [1.807, 2.05) is 48.5 Å². The highest BCUT2D eigenvalue weighted by Crippen LogP contribution is 2.21. The van der Waals surface area contributed by atoms with Crippen molar-refractivity contribution < 1.29 is 13.2 Å². The molecule has 1 fully saturated rings. The van der Waals surface area contributed by atoms with E-state index in [0.717, 1.165) is 24.2 Å². The lowest BCUT2D eigenvalue weighted by atomic mass is 10.1. The maximum absolute atomic E-state index is 12.5. The Morgan fingerprint density at radius 3 is 2.23 bits per heavy atom. The van der Waals surface area contributed by atoms with Crippen molar-refractivity contribution in [1.82, 2.24) is 9.62 Å². The summed E-state index contributed by atoms with van der Waals surface area (Å²) in [6, 6.07) is 19.8. The minimum Gasteiger partial charge on any atom is -0.379 e. The summed E-state index contributed by atoms with van der Waals surface area (Å²) >= 11 is 0. The number of ether oxygens (including phenoxy) is 1. The zero-order valence-corrected chi connectivity index (χ0v) is 15.7. The first-order valence-corrected chi connectivity index (χ1v) is 10.7. The Labute approximate surface area is 156 Å². The molecule has 1 unspecified atom stereocenters. The molecule has 0 aliphatic carbocycles. The molecule has 26 heavy (non-hydrogen) atoms. The van der Waals surface area contributed by atoms with Crippen LogP contribution in [0.2, 0.25) is 0 Å². The van der Waals surface area contributed by atoms with E-state index in [0.29, 0.717) is 26.2 Å². The van der Waals surface area contributed by atoms with E-state index in [2.05, 4.69) is 21.8 Å². The average molecular weight is 375 g/mol. The Kier molecular flexibility index (Phi) is 6.80. The van der Waals surface area contributed by atoms with Crippen LogP contribution in [-0.4, -0.2) is 51.9 Å². The SMILES string of the molecule is O=S(=O)(CCc1ccccc1)NCC(c1ccccc1)N1CCOCC1. The van der Waals surface area contributed by atoms with Gasteiger partial charge in [-0.1, -0.05) is 60.7 Å². The van der Waals surface area contributed by atoms with Crippen LogP contribution >= 0.6 is 0 Å². The monoisotopic (exact) mass is 374 g/mol. The summed E-state index contributed by atoms with van der Waals surface area (Å²) in [6.07, 6.45) is 0.518. The quantitative estimate of drug-likeness (QED) is 0.770. The summed E-state index contributed by atoms with van der Waals surface area (Å²) in [7, 11) is -3.33. The molecular weight excluding hydrogens is 348 g/mol. The molecule has 3 rings (SSSR count). The molecule has 0 saturated carbocycles. The molecule has 1 heterocycles. The molecule has 1 N–H and O–H groups in total. The van der Waals surface area contributed by atoms with Crippen LogP contribution in [-0.2, 0) is 21.2 Å². The summed E-state index contributed by atoms with van der Waals surface area (Å²) in [5, 5.41) is 0. The Hall–Kier alpha value is -1.73. The van der Waals surface area contributed by atoms with Crippen molar-refractivity contribution in [3.63, 3.8) is 0 Å². The lowest BCUT2D eigenvalue weighted by Crippen LogP contribution is -2.44. The number of nitrogens with one attached hydrogen (secondary N) is 1. The molecule has 0 spiro atoms. The zero-order chi connectivity index (χ0) is 18.2. The first-order chi connectivity index (χ1) is 12.6. The van der Waals surface area contributed by atoms with Crippen molar-refractivity contribution in [3.8, 4) is 0 Å². The van der Waals surface area contributed by atoms with Crippen LogP contribution < -0.4 is 4.72 Å². The van der Waals surface area contributed by atoms with Gasteiger partial charge in [-0.15, -0.1) is 0 Å². The summed E-state index contributed by atoms with van der Waals surface area (Å²) < 4.78 is 33.2. The second kappa shape index (κ2) is 9.28. The maximum Gasteiger partial charge on any atom is 0.211 e. The molecule has 1 aliphatic heterocycles. The van der Waals surface area contributed by atoms with Gasteiger partial charge in [0.05, 0.1) is 19.0 Å². The van der Waals surface area contributed by atoms with Crippen molar-refractivity contribution in [2.24, 2.45) is 0 Å². The van der Waals surface area contributed by atoms with E-state index >= 15 is 0 Å². The number of sulfonamides is 1. The molecule has 1 saturated heterocycles. The molecule has 1 atom stereocenters. The number of hydrogen-bond acceptors (Lipinski definition) is 4. The summed E-state index contributed by atoms with van der Waals surface area (Å²) in [6.45, 7) is 3.37. The van der Waals surface area contributed by atoms with E-state index in [-0.39, 0.29) is 11.8 Å². The van der Waals surface area contributed by atoms with Crippen LogP contribution in [0.15, 0.2) is 60.7 Å². The topological polar surface area (TPSA) is 58.6 Å². The highest BCUT2D eigenvalue weighted by atomic mass is 32.2. The first-order valence-electron chi connectivity index (χ1n) is 9.02. The summed E-state index contributed by atoms with van der Waals surface area (Å²) in [4.78, 5) is 2.29. The molecule has 140 valence electrons. The second-order valence-corrected chi connectivity index (χ2v) is 8.40. The summed E-state index contributed by atoms with van der Waals surface area (Å²) in [5.41, 5.74) is 2.16. The van der Waals surface area contributed by atoms with Crippen molar-refractivity contribution in [3.05, 3.63) is 71.8 Å². The Morgan fingerprint density at radius 2 is 1.58 bits per heavy atom. The van der Waals surface area contributed by atoms with Crippen LogP contribution in [0.3, 0.4) is 0 Å². The van der Waals surface area contributed by atoms with Gasteiger partial charge in [0.15, 0.2) is 0 Å². The van der Waals surface area contributed by atoms with E-state index in [9.17, 15) is 8.42 Å². The Bertz CT molecular complexity index is 760. The standard InChI is InChI=1S/C20H26N2O3S/c23-26(24,16-11-18-7-3-1-4-8-18)21-17-20(19-9-5-2-6-10-19)22-12-14-25-15-13-22/h1-10,20-21H,11-17H2. The summed E-state index contributed by atoms with van der Waals surface area (Å²) in [5.74, 6) is 0.0988. The van der Waals surface area contributed by atoms with Crippen LogP contribution in [0.25, 0.3) is 0 Å². The van der Waals surface area contributed by atoms with E-state index in [4.69, 9.17) is 4.74 Å². The van der Waals surface area contributed by atoms with E-state index in [1.54, 1.807) is 0 Å². The van der Waals surface area contributed by atoms with Gasteiger partial charge in [-0.25, -0.2) is 13.1 Å². The molecule has 6 heteroatoms. The van der Waals surface area contributed by atoms with Gasteiger partial charge in [0.25, 0.3) is 0 Å².